The number of rotatable bonds is 11. The highest BCUT2D eigenvalue weighted by atomic mass is 16.5. The predicted octanol–water partition coefficient (Wildman–Crippen LogP) is 4.17. The summed E-state index contributed by atoms with van der Waals surface area (Å²) in [4.78, 5) is 12.0. The van der Waals surface area contributed by atoms with Crippen molar-refractivity contribution < 1.29 is 14.3 Å². The molecule has 0 saturated carbocycles. The number of carbonyl (C=O) groups excluding carboxylic acids is 1. The average molecular weight is 355 g/mol. The van der Waals surface area contributed by atoms with E-state index in [9.17, 15) is 4.79 Å². The molecule has 26 heavy (non-hydrogen) atoms. The molecule has 2 aromatic carbocycles. The van der Waals surface area contributed by atoms with Crippen LogP contribution in [0.3, 0.4) is 0 Å². The normalized spacial score (nSPS) is 10.4. The van der Waals surface area contributed by atoms with Crippen LogP contribution in [0.15, 0.2) is 48.5 Å². The summed E-state index contributed by atoms with van der Waals surface area (Å²) in [5.74, 6) is 1.57. The van der Waals surface area contributed by atoms with Crippen molar-refractivity contribution in [2.75, 3.05) is 20.3 Å². The maximum absolute atomic E-state index is 12.0. The van der Waals surface area contributed by atoms with Crippen LogP contribution in [-0.4, -0.2) is 26.2 Å². The van der Waals surface area contributed by atoms with Crippen molar-refractivity contribution >= 4 is 5.91 Å². The topological polar surface area (TPSA) is 47.6 Å². The Morgan fingerprint density at radius 1 is 1.00 bits per heavy atom. The van der Waals surface area contributed by atoms with E-state index in [1.54, 1.807) is 7.11 Å². The van der Waals surface area contributed by atoms with Gasteiger partial charge in [0.15, 0.2) is 11.5 Å². The van der Waals surface area contributed by atoms with Gasteiger partial charge < -0.3 is 14.8 Å². The minimum Gasteiger partial charge on any atom is -0.493 e. The molecule has 0 heterocycles. The molecule has 4 heteroatoms. The molecular weight excluding hydrogens is 326 g/mol. The molecule has 0 fully saturated rings. The molecule has 0 bridgehead atoms. The van der Waals surface area contributed by atoms with Gasteiger partial charge in [-0.1, -0.05) is 56.2 Å². The minimum absolute atomic E-state index is 0.0424. The first-order valence-corrected chi connectivity index (χ1v) is 9.33. The molecule has 140 valence electrons. The summed E-state index contributed by atoms with van der Waals surface area (Å²) in [6.07, 6.45) is 4.54. The Morgan fingerprint density at radius 3 is 2.54 bits per heavy atom. The Bertz CT molecular complexity index is 670. The van der Waals surface area contributed by atoms with Gasteiger partial charge in [-0.15, -0.1) is 0 Å². The summed E-state index contributed by atoms with van der Waals surface area (Å²) in [5, 5.41) is 2.98. The van der Waals surface area contributed by atoms with E-state index in [4.69, 9.17) is 9.47 Å². The van der Waals surface area contributed by atoms with Crippen molar-refractivity contribution in [2.45, 2.75) is 39.0 Å². The standard InChI is InChI=1S/C22H29NO3/c1-3-4-8-15-26-21-16-19(11-12-20(21)25-2)13-14-23-22(24)17-18-9-6-5-7-10-18/h5-7,9-12,16H,3-4,8,13-15,17H2,1-2H3,(H,23,24). The van der Waals surface area contributed by atoms with Crippen LogP contribution in [0.25, 0.3) is 0 Å². The number of amides is 1. The third-order valence-corrected chi connectivity index (χ3v) is 4.18. The lowest BCUT2D eigenvalue weighted by Crippen LogP contribution is -2.27. The van der Waals surface area contributed by atoms with E-state index in [0.29, 0.717) is 19.6 Å². The van der Waals surface area contributed by atoms with Crippen LogP contribution in [0.5, 0.6) is 11.5 Å². The van der Waals surface area contributed by atoms with Crippen molar-refractivity contribution in [3.05, 3.63) is 59.7 Å². The lowest BCUT2D eigenvalue weighted by molar-refractivity contribution is -0.120. The second-order valence-electron chi connectivity index (χ2n) is 6.30. The van der Waals surface area contributed by atoms with Gasteiger partial charge in [0.2, 0.25) is 5.91 Å². The van der Waals surface area contributed by atoms with Gasteiger partial charge in [0.1, 0.15) is 0 Å². The van der Waals surface area contributed by atoms with Crippen LogP contribution >= 0.6 is 0 Å². The Morgan fingerprint density at radius 2 is 1.81 bits per heavy atom. The van der Waals surface area contributed by atoms with Crippen molar-refractivity contribution in [1.82, 2.24) is 5.32 Å². The van der Waals surface area contributed by atoms with E-state index in [0.717, 1.165) is 41.9 Å². The Kier molecular flexibility index (Phi) is 8.53. The van der Waals surface area contributed by atoms with Crippen molar-refractivity contribution in [2.24, 2.45) is 0 Å². The van der Waals surface area contributed by atoms with Gasteiger partial charge in [-0.3, -0.25) is 4.79 Å². The third-order valence-electron chi connectivity index (χ3n) is 4.18. The molecule has 0 spiro atoms. The minimum atomic E-state index is 0.0424. The molecule has 0 radical (unpaired) electrons. The Balaban J connectivity index is 1.81. The zero-order valence-corrected chi connectivity index (χ0v) is 15.8. The number of benzene rings is 2. The van der Waals surface area contributed by atoms with Gasteiger partial charge in [0.25, 0.3) is 0 Å². The molecular formula is C22H29NO3. The van der Waals surface area contributed by atoms with Crippen molar-refractivity contribution in [3.63, 3.8) is 0 Å². The second kappa shape index (κ2) is 11.2. The van der Waals surface area contributed by atoms with Gasteiger partial charge >= 0.3 is 0 Å². The van der Waals surface area contributed by atoms with E-state index in [1.807, 2.05) is 48.5 Å². The fourth-order valence-corrected chi connectivity index (χ4v) is 2.71. The largest absolute Gasteiger partial charge is 0.493 e. The van der Waals surface area contributed by atoms with E-state index in [1.165, 1.54) is 6.42 Å². The van der Waals surface area contributed by atoms with Crippen molar-refractivity contribution in [3.8, 4) is 11.5 Å². The Labute approximate surface area is 156 Å². The zero-order chi connectivity index (χ0) is 18.6. The molecule has 2 aromatic rings. The molecule has 2 rings (SSSR count). The van der Waals surface area contributed by atoms with Gasteiger partial charge in [0, 0.05) is 6.54 Å². The molecule has 4 nitrogen and oxygen atoms in total. The van der Waals surface area contributed by atoms with E-state index >= 15 is 0 Å². The summed E-state index contributed by atoms with van der Waals surface area (Å²) < 4.78 is 11.2. The summed E-state index contributed by atoms with van der Waals surface area (Å²) in [7, 11) is 1.65. The lowest BCUT2D eigenvalue weighted by atomic mass is 10.1. The van der Waals surface area contributed by atoms with Crippen LogP contribution in [0.4, 0.5) is 0 Å². The van der Waals surface area contributed by atoms with Crippen LogP contribution < -0.4 is 14.8 Å². The number of unbranched alkanes of at least 4 members (excludes halogenated alkanes) is 2. The van der Waals surface area contributed by atoms with Crippen LogP contribution in [0.1, 0.15) is 37.3 Å². The monoisotopic (exact) mass is 355 g/mol. The highest BCUT2D eigenvalue weighted by Crippen LogP contribution is 2.28. The first kappa shape index (κ1) is 19.8. The smallest absolute Gasteiger partial charge is 0.224 e. The van der Waals surface area contributed by atoms with Crippen LogP contribution in [0.2, 0.25) is 0 Å². The first-order chi connectivity index (χ1) is 12.7. The molecule has 1 amide bonds. The van der Waals surface area contributed by atoms with Crippen LogP contribution in [0, 0.1) is 0 Å². The molecule has 0 aliphatic heterocycles. The van der Waals surface area contributed by atoms with E-state index in [-0.39, 0.29) is 5.91 Å². The SMILES string of the molecule is CCCCCOc1cc(CCNC(=O)Cc2ccccc2)ccc1OC. The highest BCUT2D eigenvalue weighted by molar-refractivity contribution is 5.78. The summed E-state index contributed by atoms with van der Waals surface area (Å²) in [6, 6.07) is 15.7. The zero-order valence-electron chi connectivity index (χ0n) is 15.8. The molecule has 1 N–H and O–H groups in total. The molecule has 0 aliphatic carbocycles. The van der Waals surface area contributed by atoms with Crippen LogP contribution in [-0.2, 0) is 17.6 Å². The van der Waals surface area contributed by atoms with Gasteiger partial charge in [-0.2, -0.15) is 0 Å². The van der Waals surface area contributed by atoms with Gasteiger partial charge in [0.05, 0.1) is 20.1 Å². The third kappa shape index (κ3) is 6.79. The number of methoxy groups -OCH3 is 1. The second-order valence-corrected chi connectivity index (χ2v) is 6.30. The number of ether oxygens (including phenoxy) is 2. The number of hydrogen-bond acceptors (Lipinski definition) is 3. The molecule has 0 aromatic heterocycles. The lowest BCUT2D eigenvalue weighted by Gasteiger charge is -2.12. The highest BCUT2D eigenvalue weighted by Gasteiger charge is 2.07. The summed E-state index contributed by atoms with van der Waals surface area (Å²) in [6.45, 7) is 3.47. The van der Waals surface area contributed by atoms with Gasteiger partial charge in [-0.25, -0.2) is 0 Å². The van der Waals surface area contributed by atoms with Crippen molar-refractivity contribution in [1.29, 1.82) is 0 Å². The Hall–Kier alpha value is -2.49. The number of hydrogen-bond donors (Lipinski definition) is 1. The number of nitrogens with one attached hydrogen (secondary N) is 1. The molecule has 0 unspecified atom stereocenters. The fraction of sp³-hybridized carbons (Fsp3) is 0.409. The summed E-state index contributed by atoms with van der Waals surface area (Å²) >= 11 is 0. The fourth-order valence-electron chi connectivity index (χ4n) is 2.71. The van der Waals surface area contributed by atoms with Gasteiger partial charge in [-0.05, 0) is 36.1 Å². The van der Waals surface area contributed by atoms with E-state index < -0.39 is 0 Å². The summed E-state index contributed by atoms with van der Waals surface area (Å²) in [5.41, 5.74) is 2.15. The maximum atomic E-state index is 12.0. The average Bonchev–Trinajstić information content (AvgIpc) is 2.66. The maximum Gasteiger partial charge on any atom is 0.224 e. The quantitative estimate of drug-likeness (QED) is 0.616. The molecule has 0 atom stereocenters. The number of carbonyl (C=O) groups is 1. The predicted molar refractivity (Wildman–Crippen MR) is 105 cm³/mol. The molecule has 0 saturated heterocycles. The first-order valence-electron chi connectivity index (χ1n) is 9.33. The van der Waals surface area contributed by atoms with E-state index in [2.05, 4.69) is 12.2 Å². The molecule has 0 aliphatic rings.